The summed E-state index contributed by atoms with van der Waals surface area (Å²) >= 11 is 7.73. The lowest BCUT2D eigenvalue weighted by atomic mass is 9.86. The van der Waals surface area contributed by atoms with E-state index >= 15 is 0 Å². The number of halogens is 1. The molecule has 6 nitrogen and oxygen atoms in total. The number of carbonyl (C=O) groups is 1. The predicted octanol–water partition coefficient (Wildman–Crippen LogP) is 3.17. The third-order valence-electron chi connectivity index (χ3n) is 6.09. The van der Waals surface area contributed by atoms with Crippen molar-refractivity contribution in [2.24, 2.45) is 11.7 Å². The fourth-order valence-corrected chi connectivity index (χ4v) is 5.63. The lowest BCUT2D eigenvalue weighted by Crippen LogP contribution is -2.49. The zero-order valence-electron chi connectivity index (χ0n) is 17.1. The standard InChI is InChI=1S/C22H28ClN3O3S/c1-30-22(18(21(24)27)3-2-8-25-22)12-15-6-9-26(10-7-15)13-17-14-28-19-5-4-16(23)11-20(19)29-17/h2-5,8,11,15,17,25H,6-7,9-10,12-14H2,1H3,(H2,24,27). The fourth-order valence-electron chi connectivity index (χ4n) is 4.49. The number of dihydropyridines is 1. The lowest BCUT2D eigenvalue weighted by Gasteiger charge is -2.41. The molecule has 1 aromatic carbocycles. The molecular formula is C22H28ClN3O3S. The Bertz CT molecular complexity index is 854. The monoisotopic (exact) mass is 449 g/mol. The molecule has 0 radical (unpaired) electrons. The summed E-state index contributed by atoms with van der Waals surface area (Å²) in [4.78, 5) is 14.0. The minimum atomic E-state index is -0.434. The second kappa shape index (κ2) is 9.12. The quantitative estimate of drug-likeness (QED) is 0.694. The third-order valence-corrected chi connectivity index (χ3v) is 7.53. The number of hydrogen-bond acceptors (Lipinski definition) is 6. The van der Waals surface area contributed by atoms with Crippen molar-refractivity contribution < 1.29 is 14.3 Å². The molecule has 30 heavy (non-hydrogen) atoms. The summed E-state index contributed by atoms with van der Waals surface area (Å²) < 4.78 is 11.9. The summed E-state index contributed by atoms with van der Waals surface area (Å²) in [5.41, 5.74) is 6.31. The van der Waals surface area contributed by atoms with E-state index in [4.69, 9.17) is 26.8 Å². The molecule has 8 heteroatoms. The van der Waals surface area contributed by atoms with E-state index in [1.165, 1.54) is 0 Å². The number of hydrogen-bond donors (Lipinski definition) is 2. The Balaban J connectivity index is 1.31. The van der Waals surface area contributed by atoms with Crippen LogP contribution >= 0.6 is 23.4 Å². The van der Waals surface area contributed by atoms with Crippen LogP contribution in [0.4, 0.5) is 0 Å². The van der Waals surface area contributed by atoms with E-state index in [2.05, 4.69) is 10.2 Å². The van der Waals surface area contributed by atoms with E-state index in [0.717, 1.165) is 50.4 Å². The van der Waals surface area contributed by atoms with Crippen LogP contribution in [0, 0.1) is 5.92 Å². The van der Waals surface area contributed by atoms with Crippen molar-refractivity contribution in [1.29, 1.82) is 0 Å². The molecule has 0 bridgehead atoms. The largest absolute Gasteiger partial charge is 0.486 e. The molecule has 4 rings (SSSR count). The van der Waals surface area contributed by atoms with Gasteiger partial charge in [-0.3, -0.25) is 9.69 Å². The van der Waals surface area contributed by atoms with Gasteiger partial charge in [0.15, 0.2) is 11.5 Å². The summed E-state index contributed by atoms with van der Waals surface area (Å²) in [6.07, 6.45) is 10.7. The first-order valence-electron chi connectivity index (χ1n) is 10.3. The van der Waals surface area contributed by atoms with Gasteiger partial charge in [0.1, 0.15) is 17.6 Å². The number of thioether (sulfide) groups is 1. The van der Waals surface area contributed by atoms with Gasteiger partial charge in [-0.2, -0.15) is 0 Å². The van der Waals surface area contributed by atoms with Gasteiger partial charge in [0.2, 0.25) is 5.91 Å². The Labute approximate surface area is 186 Å². The first-order chi connectivity index (χ1) is 14.5. The predicted molar refractivity (Wildman–Crippen MR) is 121 cm³/mol. The van der Waals surface area contributed by atoms with Crippen molar-refractivity contribution in [3.63, 3.8) is 0 Å². The van der Waals surface area contributed by atoms with Crippen LogP contribution in [0.15, 0.2) is 42.1 Å². The van der Waals surface area contributed by atoms with Crippen LogP contribution in [0.2, 0.25) is 5.02 Å². The van der Waals surface area contributed by atoms with Crippen LogP contribution in [0.3, 0.4) is 0 Å². The summed E-state index contributed by atoms with van der Waals surface area (Å²) in [5, 5.41) is 4.05. The molecule has 3 aliphatic rings. The van der Waals surface area contributed by atoms with E-state index in [-0.39, 0.29) is 12.0 Å². The first-order valence-corrected chi connectivity index (χ1v) is 11.9. The molecule has 1 aromatic rings. The number of nitrogens with zero attached hydrogens (tertiary/aromatic N) is 1. The van der Waals surface area contributed by atoms with Crippen molar-refractivity contribution >= 4 is 29.3 Å². The van der Waals surface area contributed by atoms with Crippen LogP contribution in [0.5, 0.6) is 11.5 Å². The number of benzene rings is 1. The molecule has 2 atom stereocenters. The Morgan fingerprint density at radius 3 is 2.90 bits per heavy atom. The number of carbonyl (C=O) groups excluding carboxylic acids is 1. The molecule has 1 amide bonds. The molecular weight excluding hydrogens is 422 g/mol. The topological polar surface area (TPSA) is 76.8 Å². The molecule has 0 spiro atoms. The molecule has 1 saturated heterocycles. The van der Waals surface area contributed by atoms with E-state index in [1.807, 2.05) is 42.8 Å². The maximum atomic E-state index is 12.0. The number of nitrogens with one attached hydrogen (secondary N) is 1. The number of nitrogens with two attached hydrogens (primary N) is 1. The van der Waals surface area contributed by atoms with Gasteiger partial charge in [-0.1, -0.05) is 11.6 Å². The van der Waals surface area contributed by atoms with E-state index in [0.29, 0.717) is 23.1 Å². The highest BCUT2D eigenvalue weighted by Gasteiger charge is 2.39. The zero-order valence-corrected chi connectivity index (χ0v) is 18.7. The van der Waals surface area contributed by atoms with Crippen LogP contribution < -0.4 is 20.5 Å². The summed E-state index contributed by atoms with van der Waals surface area (Å²) in [5.74, 6) is 1.65. The number of fused-ring (bicyclic) bond motifs is 1. The zero-order chi connectivity index (χ0) is 21.1. The normalized spacial score (nSPS) is 26.7. The molecule has 1 fully saturated rings. The lowest BCUT2D eigenvalue weighted by molar-refractivity contribution is -0.115. The van der Waals surface area contributed by atoms with Crippen molar-refractivity contribution in [3.8, 4) is 11.5 Å². The van der Waals surface area contributed by atoms with E-state index in [9.17, 15) is 4.79 Å². The first kappa shape index (κ1) is 21.4. The minimum absolute atomic E-state index is 0.000368. The SMILES string of the molecule is CSC1(CC2CCN(CC3COc4ccc(Cl)cc4O3)CC2)NC=CC=C1C(N)=O. The van der Waals surface area contributed by atoms with Crippen molar-refractivity contribution in [2.45, 2.75) is 30.2 Å². The smallest absolute Gasteiger partial charge is 0.247 e. The van der Waals surface area contributed by atoms with Crippen LogP contribution in [-0.4, -0.2) is 54.3 Å². The van der Waals surface area contributed by atoms with E-state index in [1.54, 1.807) is 11.8 Å². The number of ether oxygens (including phenoxy) is 2. The molecule has 0 aromatic heterocycles. The highest BCUT2D eigenvalue weighted by molar-refractivity contribution is 8.00. The summed E-state index contributed by atoms with van der Waals surface area (Å²) in [6.45, 7) is 3.39. The van der Waals surface area contributed by atoms with Crippen molar-refractivity contribution in [2.75, 3.05) is 32.5 Å². The number of likely N-dealkylation sites (tertiary alicyclic amines) is 1. The van der Waals surface area contributed by atoms with Crippen LogP contribution in [-0.2, 0) is 4.79 Å². The highest BCUT2D eigenvalue weighted by atomic mass is 35.5. The molecule has 0 aliphatic carbocycles. The summed E-state index contributed by atoms with van der Waals surface area (Å²) in [6, 6.07) is 5.48. The minimum Gasteiger partial charge on any atom is -0.486 e. The molecule has 3 N–H and O–H groups in total. The van der Waals surface area contributed by atoms with Crippen LogP contribution in [0.25, 0.3) is 0 Å². The number of rotatable bonds is 6. The Hall–Kier alpha value is -1.83. The van der Waals surface area contributed by atoms with E-state index < -0.39 is 4.87 Å². The molecule has 3 aliphatic heterocycles. The number of amides is 1. The maximum absolute atomic E-state index is 12.0. The van der Waals surface area contributed by atoms with Crippen molar-refractivity contribution in [1.82, 2.24) is 10.2 Å². The molecule has 2 unspecified atom stereocenters. The van der Waals surface area contributed by atoms with Gasteiger partial charge in [0.05, 0.1) is 5.57 Å². The second-order valence-corrected chi connectivity index (χ2v) is 9.61. The van der Waals surface area contributed by atoms with Gasteiger partial charge >= 0.3 is 0 Å². The highest BCUT2D eigenvalue weighted by Crippen LogP contribution is 2.39. The average molecular weight is 450 g/mol. The summed E-state index contributed by atoms with van der Waals surface area (Å²) in [7, 11) is 0. The molecule has 0 saturated carbocycles. The van der Waals surface area contributed by atoms with Gasteiger partial charge in [-0.15, -0.1) is 11.8 Å². The van der Waals surface area contributed by atoms with Gasteiger partial charge in [-0.25, -0.2) is 0 Å². The molecule has 162 valence electrons. The van der Waals surface area contributed by atoms with Crippen molar-refractivity contribution in [3.05, 3.63) is 47.1 Å². The van der Waals surface area contributed by atoms with Gasteiger partial charge in [0.25, 0.3) is 0 Å². The van der Waals surface area contributed by atoms with Crippen LogP contribution in [0.1, 0.15) is 19.3 Å². The van der Waals surface area contributed by atoms with Gasteiger partial charge in [-0.05, 0) is 75.0 Å². The van der Waals surface area contributed by atoms with Gasteiger partial charge in [0, 0.05) is 17.6 Å². The maximum Gasteiger partial charge on any atom is 0.247 e. The Morgan fingerprint density at radius 1 is 1.37 bits per heavy atom. The second-order valence-electron chi connectivity index (χ2n) is 8.07. The molecule has 3 heterocycles. The number of allylic oxidation sites excluding steroid dienone is 2. The Kier molecular flexibility index (Phi) is 6.51. The third kappa shape index (κ3) is 4.58. The number of primary amides is 1. The number of piperidine rings is 1. The fraction of sp³-hybridized carbons (Fsp3) is 0.500. The average Bonchev–Trinajstić information content (AvgIpc) is 2.75. The Morgan fingerprint density at radius 2 is 2.17 bits per heavy atom. The van der Waals surface area contributed by atoms with Gasteiger partial charge < -0.3 is 20.5 Å².